The van der Waals surface area contributed by atoms with E-state index < -0.39 is 0 Å². The van der Waals surface area contributed by atoms with E-state index in [0.29, 0.717) is 11.8 Å². The molecule has 2 fully saturated rings. The second kappa shape index (κ2) is 7.17. The summed E-state index contributed by atoms with van der Waals surface area (Å²) in [7, 11) is 0. The van der Waals surface area contributed by atoms with Crippen molar-refractivity contribution in [3.63, 3.8) is 0 Å². The van der Waals surface area contributed by atoms with Crippen LogP contribution in [0.15, 0.2) is 42.5 Å². The van der Waals surface area contributed by atoms with Crippen LogP contribution in [0.2, 0.25) is 0 Å². The lowest BCUT2D eigenvalue weighted by molar-refractivity contribution is -0.132. The van der Waals surface area contributed by atoms with E-state index in [-0.39, 0.29) is 12.0 Å². The van der Waals surface area contributed by atoms with Crippen LogP contribution in [0.25, 0.3) is 5.57 Å². The monoisotopic (exact) mass is 336 g/mol. The molecule has 1 aliphatic heterocycles. The minimum absolute atomic E-state index is 0.189. The van der Waals surface area contributed by atoms with Gasteiger partial charge < -0.3 is 10.6 Å². The number of benzene rings is 1. The average Bonchev–Trinajstić information content (AvgIpc) is 3.47. The minimum Gasteiger partial charge on any atom is -0.342 e. The van der Waals surface area contributed by atoms with E-state index >= 15 is 0 Å². The summed E-state index contributed by atoms with van der Waals surface area (Å²) in [6.45, 7) is 1.72. The van der Waals surface area contributed by atoms with Crippen LogP contribution in [0.3, 0.4) is 0 Å². The van der Waals surface area contributed by atoms with E-state index in [2.05, 4.69) is 47.4 Å². The SMILES string of the molecule is NC1CCCN(C(=O)C2CC2c2ccc(C3=CCCC=C3)cc2)CC1. The van der Waals surface area contributed by atoms with Crippen molar-refractivity contribution >= 4 is 11.5 Å². The summed E-state index contributed by atoms with van der Waals surface area (Å²) in [5.74, 6) is 0.949. The number of nitrogens with zero attached hydrogens (tertiary/aromatic N) is 1. The molecule has 0 spiro atoms. The standard InChI is InChI=1S/C22H28N2O/c23-19-7-4-13-24(14-12-19)22(25)21-15-20(21)18-10-8-17(9-11-18)16-5-2-1-3-6-16/h2,5-6,8-11,19-21H,1,3-4,7,12-15,23H2. The van der Waals surface area contributed by atoms with Crippen LogP contribution in [0.4, 0.5) is 0 Å². The quantitative estimate of drug-likeness (QED) is 0.911. The molecule has 3 atom stereocenters. The molecule has 0 radical (unpaired) electrons. The first-order chi connectivity index (χ1) is 12.2. The highest BCUT2D eigenvalue weighted by Gasteiger charge is 2.45. The van der Waals surface area contributed by atoms with Gasteiger partial charge in [-0.05, 0) is 61.1 Å². The average molecular weight is 336 g/mol. The number of nitrogens with two attached hydrogens (primary N) is 1. The van der Waals surface area contributed by atoms with Crippen molar-refractivity contribution < 1.29 is 4.79 Å². The predicted molar refractivity (Wildman–Crippen MR) is 102 cm³/mol. The van der Waals surface area contributed by atoms with E-state index in [4.69, 9.17) is 5.73 Å². The summed E-state index contributed by atoms with van der Waals surface area (Å²) in [6.07, 6.45) is 13.1. The van der Waals surface area contributed by atoms with Crippen LogP contribution in [0.1, 0.15) is 55.6 Å². The largest absolute Gasteiger partial charge is 0.342 e. The molecule has 3 nitrogen and oxygen atoms in total. The molecule has 2 aliphatic carbocycles. The molecule has 3 aliphatic rings. The molecule has 3 heteroatoms. The highest BCUT2D eigenvalue weighted by atomic mass is 16.2. The molecule has 2 N–H and O–H groups in total. The number of carbonyl (C=O) groups is 1. The zero-order valence-corrected chi connectivity index (χ0v) is 14.9. The first-order valence-electron chi connectivity index (χ1n) is 9.74. The summed E-state index contributed by atoms with van der Waals surface area (Å²) in [6, 6.07) is 9.12. The Balaban J connectivity index is 1.38. The van der Waals surface area contributed by atoms with E-state index in [1.165, 1.54) is 16.7 Å². The Kier molecular flexibility index (Phi) is 4.76. The molecule has 3 unspecified atom stereocenters. The van der Waals surface area contributed by atoms with Gasteiger partial charge in [-0.2, -0.15) is 0 Å². The van der Waals surface area contributed by atoms with Gasteiger partial charge >= 0.3 is 0 Å². The maximum Gasteiger partial charge on any atom is 0.226 e. The first kappa shape index (κ1) is 16.6. The zero-order chi connectivity index (χ0) is 17.2. The molecule has 0 bridgehead atoms. The summed E-state index contributed by atoms with van der Waals surface area (Å²) >= 11 is 0. The summed E-state index contributed by atoms with van der Waals surface area (Å²) < 4.78 is 0. The number of hydrogen-bond acceptors (Lipinski definition) is 2. The smallest absolute Gasteiger partial charge is 0.226 e. The fourth-order valence-electron chi connectivity index (χ4n) is 4.16. The maximum absolute atomic E-state index is 12.8. The Bertz CT molecular complexity index is 688. The molecular formula is C22H28N2O. The molecule has 25 heavy (non-hydrogen) atoms. The number of amides is 1. The van der Waals surface area contributed by atoms with Crippen LogP contribution < -0.4 is 5.73 Å². The van der Waals surface area contributed by atoms with Gasteiger partial charge in [0, 0.05) is 25.0 Å². The van der Waals surface area contributed by atoms with E-state index in [9.17, 15) is 4.79 Å². The second-order valence-electron chi connectivity index (χ2n) is 7.73. The van der Waals surface area contributed by atoms with Crippen molar-refractivity contribution in [2.45, 2.75) is 50.5 Å². The molecule has 1 amide bonds. The van der Waals surface area contributed by atoms with Crippen LogP contribution >= 0.6 is 0 Å². The van der Waals surface area contributed by atoms with Gasteiger partial charge in [-0.3, -0.25) is 4.79 Å². The summed E-state index contributed by atoms with van der Waals surface area (Å²) in [5.41, 5.74) is 9.95. The van der Waals surface area contributed by atoms with Gasteiger partial charge in [0.1, 0.15) is 0 Å². The van der Waals surface area contributed by atoms with Crippen molar-refractivity contribution in [3.8, 4) is 0 Å². The fraction of sp³-hybridized carbons (Fsp3) is 0.500. The lowest BCUT2D eigenvalue weighted by Gasteiger charge is -2.20. The van der Waals surface area contributed by atoms with Crippen LogP contribution in [0.5, 0.6) is 0 Å². The number of allylic oxidation sites excluding steroid dienone is 4. The van der Waals surface area contributed by atoms with Crippen LogP contribution in [0, 0.1) is 5.92 Å². The highest BCUT2D eigenvalue weighted by Crippen LogP contribution is 2.48. The summed E-state index contributed by atoms with van der Waals surface area (Å²) in [5, 5.41) is 0. The fourth-order valence-corrected chi connectivity index (χ4v) is 4.16. The van der Waals surface area contributed by atoms with Gasteiger partial charge in [0.05, 0.1) is 0 Å². The van der Waals surface area contributed by atoms with Gasteiger partial charge in [0.25, 0.3) is 0 Å². The lowest BCUT2D eigenvalue weighted by Crippen LogP contribution is -2.34. The Hall–Kier alpha value is -1.87. The zero-order valence-electron chi connectivity index (χ0n) is 14.9. The Morgan fingerprint density at radius 2 is 1.92 bits per heavy atom. The Morgan fingerprint density at radius 1 is 1.08 bits per heavy atom. The van der Waals surface area contributed by atoms with E-state index in [1.54, 1.807) is 0 Å². The third-order valence-corrected chi connectivity index (χ3v) is 5.86. The first-order valence-corrected chi connectivity index (χ1v) is 9.74. The van der Waals surface area contributed by atoms with Crippen molar-refractivity contribution in [1.82, 2.24) is 4.90 Å². The van der Waals surface area contributed by atoms with Crippen molar-refractivity contribution in [3.05, 3.63) is 53.6 Å². The molecule has 4 rings (SSSR count). The van der Waals surface area contributed by atoms with Crippen molar-refractivity contribution in [2.24, 2.45) is 11.7 Å². The predicted octanol–water partition coefficient (Wildman–Crippen LogP) is 3.86. The molecule has 1 heterocycles. The third kappa shape index (κ3) is 3.72. The third-order valence-electron chi connectivity index (χ3n) is 5.86. The van der Waals surface area contributed by atoms with Gasteiger partial charge in [0.2, 0.25) is 5.91 Å². The van der Waals surface area contributed by atoms with Crippen molar-refractivity contribution in [1.29, 1.82) is 0 Å². The van der Waals surface area contributed by atoms with Gasteiger partial charge in [0.15, 0.2) is 0 Å². The number of rotatable bonds is 3. The topological polar surface area (TPSA) is 46.3 Å². The van der Waals surface area contributed by atoms with Crippen molar-refractivity contribution in [2.75, 3.05) is 13.1 Å². The molecule has 0 aromatic heterocycles. The van der Waals surface area contributed by atoms with E-state index in [0.717, 1.165) is 51.6 Å². The number of carbonyl (C=O) groups excluding carboxylic acids is 1. The number of likely N-dealkylation sites (tertiary alicyclic amines) is 1. The molecular weight excluding hydrogens is 308 g/mol. The molecule has 1 aromatic carbocycles. The van der Waals surface area contributed by atoms with Gasteiger partial charge in [-0.25, -0.2) is 0 Å². The summed E-state index contributed by atoms with van der Waals surface area (Å²) in [4.78, 5) is 14.8. The molecule has 1 saturated heterocycles. The normalized spacial score (nSPS) is 29.1. The lowest BCUT2D eigenvalue weighted by atomic mass is 9.97. The van der Waals surface area contributed by atoms with E-state index in [1.807, 2.05) is 0 Å². The number of hydrogen-bond donors (Lipinski definition) is 1. The minimum atomic E-state index is 0.189. The van der Waals surface area contributed by atoms with Gasteiger partial charge in [-0.15, -0.1) is 0 Å². The van der Waals surface area contributed by atoms with Gasteiger partial charge in [-0.1, -0.05) is 42.5 Å². The van der Waals surface area contributed by atoms with Crippen LogP contribution in [-0.2, 0) is 4.79 Å². The second-order valence-corrected chi connectivity index (χ2v) is 7.73. The highest BCUT2D eigenvalue weighted by molar-refractivity contribution is 5.83. The molecule has 1 saturated carbocycles. The molecule has 132 valence electrons. The molecule has 1 aromatic rings. The Morgan fingerprint density at radius 3 is 2.68 bits per heavy atom. The Labute approximate surface area is 150 Å². The maximum atomic E-state index is 12.8. The van der Waals surface area contributed by atoms with Crippen LogP contribution in [-0.4, -0.2) is 29.9 Å².